The second kappa shape index (κ2) is 3.98. The van der Waals surface area contributed by atoms with Crippen molar-refractivity contribution in [3.05, 3.63) is 30.3 Å². The van der Waals surface area contributed by atoms with Crippen LogP contribution in [0.4, 0.5) is 0 Å². The van der Waals surface area contributed by atoms with Gasteiger partial charge in [0.2, 0.25) is 0 Å². The number of para-hydroxylation sites is 1. The van der Waals surface area contributed by atoms with Crippen LogP contribution in [0.15, 0.2) is 30.3 Å². The molecule has 0 saturated carbocycles. The number of hydrogen-bond donors (Lipinski definition) is 1. The molecule has 0 unspecified atom stereocenters. The van der Waals surface area contributed by atoms with Crippen molar-refractivity contribution in [1.82, 2.24) is 0 Å². The lowest BCUT2D eigenvalue weighted by molar-refractivity contribution is -0.153. The van der Waals surface area contributed by atoms with E-state index in [1.54, 1.807) is 0 Å². The van der Waals surface area contributed by atoms with E-state index in [9.17, 15) is 0 Å². The second-order valence-corrected chi connectivity index (χ2v) is 3.75. The molecule has 14 heavy (non-hydrogen) atoms. The van der Waals surface area contributed by atoms with Gasteiger partial charge < -0.3 is 14.6 Å². The minimum absolute atomic E-state index is 0.125. The highest BCUT2D eigenvalue weighted by molar-refractivity contribution is 5.21. The molecule has 1 N–H and O–H groups in total. The van der Waals surface area contributed by atoms with E-state index in [0.29, 0.717) is 19.8 Å². The van der Waals surface area contributed by atoms with E-state index >= 15 is 0 Å². The van der Waals surface area contributed by atoms with E-state index < -0.39 is 0 Å². The van der Waals surface area contributed by atoms with Crippen molar-refractivity contribution in [2.75, 3.05) is 26.4 Å². The third-order valence-corrected chi connectivity index (χ3v) is 2.44. The minimum Gasteiger partial charge on any atom is -0.493 e. The molecule has 0 aliphatic carbocycles. The standard InChI is InChI=1S/C11H14O3/c12-6-11(7-13-8-11)9-14-10-4-2-1-3-5-10/h1-5,12H,6-9H2. The average molecular weight is 194 g/mol. The van der Waals surface area contributed by atoms with E-state index in [2.05, 4.69) is 0 Å². The van der Waals surface area contributed by atoms with Gasteiger partial charge in [-0.3, -0.25) is 0 Å². The van der Waals surface area contributed by atoms with Crippen LogP contribution in [0.25, 0.3) is 0 Å². The summed E-state index contributed by atoms with van der Waals surface area (Å²) in [7, 11) is 0. The molecular formula is C11H14O3. The zero-order valence-corrected chi connectivity index (χ0v) is 7.98. The fourth-order valence-electron chi connectivity index (χ4n) is 1.36. The smallest absolute Gasteiger partial charge is 0.119 e. The first kappa shape index (κ1) is 9.49. The Kier molecular flexibility index (Phi) is 2.70. The molecule has 0 atom stereocenters. The van der Waals surface area contributed by atoms with Crippen LogP contribution in [-0.2, 0) is 4.74 Å². The Labute approximate surface area is 83.3 Å². The molecule has 1 aromatic rings. The lowest BCUT2D eigenvalue weighted by atomic mass is 9.88. The molecule has 0 amide bonds. The first-order valence-electron chi connectivity index (χ1n) is 4.71. The van der Waals surface area contributed by atoms with Crippen molar-refractivity contribution in [2.24, 2.45) is 5.41 Å². The molecule has 1 saturated heterocycles. The molecule has 0 radical (unpaired) electrons. The van der Waals surface area contributed by atoms with E-state index in [1.807, 2.05) is 30.3 Å². The van der Waals surface area contributed by atoms with Gasteiger partial charge in [-0.2, -0.15) is 0 Å². The molecule has 1 aliphatic heterocycles. The van der Waals surface area contributed by atoms with Crippen molar-refractivity contribution >= 4 is 0 Å². The Hall–Kier alpha value is -1.06. The summed E-state index contributed by atoms with van der Waals surface area (Å²) < 4.78 is 10.6. The summed E-state index contributed by atoms with van der Waals surface area (Å²) in [6.45, 7) is 1.83. The van der Waals surface area contributed by atoms with Gasteiger partial charge in [0.1, 0.15) is 12.4 Å². The van der Waals surface area contributed by atoms with E-state index in [0.717, 1.165) is 5.75 Å². The van der Waals surface area contributed by atoms with Crippen LogP contribution in [-0.4, -0.2) is 31.5 Å². The molecule has 0 aromatic heterocycles. The van der Waals surface area contributed by atoms with Crippen LogP contribution in [0.3, 0.4) is 0 Å². The molecular weight excluding hydrogens is 180 g/mol. The van der Waals surface area contributed by atoms with Gasteiger partial charge in [-0.25, -0.2) is 0 Å². The topological polar surface area (TPSA) is 38.7 Å². The fourth-order valence-corrected chi connectivity index (χ4v) is 1.36. The first-order chi connectivity index (χ1) is 6.85. The molecule has 1 aliphatic rings. The number of hydrogen-bond acceptors (Lipinski definition) is 3. The summed E-state index contributed by atoms with van der Waals surface area (Å²) in [6.07, 6.45) is 0. The number of rotatable bonds is 4. The van der Waals surface area contributed by atoms with E-state index in [1.165, 1.54) is 0 Å². The lowest BCUT2D eigenvalue weighted by Gasteiger charge is -2.39. The third-order valence-electron chi connectivity index (χ3n) is 2.44. The predicted octanol–water partition coefficient (Wildman–Crippen LogP) is 1.07. The lowest BCUT2D eigenvalue weighted by Crippen LogP contribution is -2.49. The number of benzene rings is 1. The van der Waals surface area contributed by atoms with E-state index in [-0.39, 0.29) is 12.0 Å². The Bertz CT molecular complexity index is 274. The van der Waals surface area contributed by atoms with Crippen molar-refractivity contribution in [3.8, 4) is 5.75 Å². The van der Waals surface area contributed by atoms with Crippen molar-refractivity contribution < 1.29 is 14.6 Å². The van der Waals surface area contributed by atoms with Gasteiger partial charge in [0.15, 0.2) is 0 Å². The van der Waals surface area contributed by atoms with Gasteiger partial charge in [-0.05, 0) is 12.1 Å². The highest BCUT2D eigenvalue weighted by Crippen LogP contribution is 2.27. The SMILES string of the molecule is OCC1(COc2ccccc2)COC1. The number of ether oxygens (including phenoxy) is 2. The highest BCUT2D eigenvalue weighted by atomic mass is 16.5. The Morgan fingerprint density at radius 1 is 1.29 bits per heavy atom. The van der Waals surface area contributed by atoms with Crippen molar-refractivity contribution in [2.45, 2.75) is 0 Å². The maximum Gasteiger partial charge on any atom is 0.119 e. The van der Waals surface area contributed by atoms with Crippen LogP contribution in [0.1, 0.15) is 0 Å². The number of aliphatic hydroxyl groups excluding tert-OH is 1. The Morgan fingerprint density at radius 3 is 2.50 bits per heavy atom. The fraction of sp³-hybridized carbons (Fsp3) is 0.455. The summed E-state index contributed by atoms with van der Waals surface area (Å²) in [5.74, 6) is 0.840. The zero-order chi connectivity index (χ0) is 9.86. The molecule has 0 bridgehead atoms. The molecule has 3 nitrogen and oxygen atoms in total. The van der Waals surface area contributed by atoms with Crippen LogP contribution >= 0.6 is 0 Å². The van der Waals surface area contributed by atoms with Gasteiger partial charge in [-0.1, -0.05) is 18.2 Å². The van der Waals surface area contributed by atoms with Crippen LogP contribution in [0.5, 0.6) is 5.75 Å². The van der Waals surface area contributed by atoms with Gasteiger partial charge in [0.05, 0.1) is 25.2 Å². The normalized spacial score (nSPS) is 18.6. The average Bonchev–Trinajstić information content (AvgIpc) is 2.19. The maximum atomic E-state index is 9.15. The third kappa shape index (κ3) is 1.89. The van der Waals surface area contributed by atoms with Gasteiger partial charge in [-0.15, -0.1) is 0 Å². The summed E-state index contributed by atoms with van der Waals surface area (Å²) in [5, 5.41) is 9.15. The maximum absolute atomic E-state index is 9.15. The van der Waals surface area contributed by atoms with Gasteiger partial charge in [0.25, 0.3) is 0 Å². The monoisotopic (exact) mass is 194 g/mol. The number of aliphatic hydroxyl groups is 1. The van der Waals surface area contributed by atoms with Crippen LogP contribution < -0.4 is 4.74 Å². The summed E-state index contributed by atoms with van der Waals surface area (Å²) in [5.41, 5.74) is -0.171. The Balaban J connectivity index is 1.88. The highest BCUT2D eigenvalue weighted by Gasteiger charge is 2.39. The minimum atomic E-state index is -0.171. The molecule has 1 aromatic carbocycles. The molecule has 2 rings (SSSR count). The van der Waals surface area contributed by atoms with Crippen LogP contribution in [0, 0.1) is 5.41 Å². The molecule has 3 heteroatoms. The van der Waals surface area contributed by atoms with E-state index in [4.69, 9.17) is 14.6 Å². The summed E-state index contributed by atoms with van der Waals surface area (Å²) in [4.78, 5) is 0. The molecule has 0 spiro atoms. The molecule has 1 fully saturated rings. The quantitative estimate of drug-likeness (QED) is 0.779. The second-order valence-electron chi connectivity index (χ2n) is 3.75. The van der Waals surface area contributed by atoms with Gasteiger partial charge >= 0.3 is 0 Å². The van der Waals surface area contributed by atoms with Crippen molar-refractivity contribution in [3.63, 3.8) is 0 Å². The predicted molar refractivity (Wildman–Crippen MR) is 52.3 cm³/mol. The molecule has 1 heterocycles. The van der Waals surface area contributed by atoms with Crippen molar-refractivity contribution in [1.29, 1.82) is 0 Å². The zero-order valence-electron chi connectivity index (χ0n) is 7.98. The van der Waals surface area contributed by atoms with Crippen LogP contribution in [0.2, 0.25) is 0 Å². The summed E-state index contributed by atoms with van der Waals surface area (Å²) in [6, 6.07) is 9.62. The Morgan fingerprint density at radius 2 is 2.00 bits per heavy atom. The largest absolute Gasteiger partial charge is 0.493 e. The summed E-state index contributed by atoms with van der Waals surface area (Å²) >= 11 is 0. The first-order valence-corrected chi connectivity index (χ1v) is 4.71. The molecule has 76 valence electrons. The van der Waals surface area contributed by atoms with Gasteiger partial charge in [0, 0.05) is 0 Å².